The monoisotopic (exact) mass is 488 g/mol. The van der Waals surface area contributed by atoms with Gasteiger partial charge in [0, 0.05) is 16.8 Å². The lowest BCUT2D eigenvalue weighted by atomic mass is 10.0. The lowest BCUT2D eigenvalue weighted by Crippen LogP contribution is -2.30. The number of hydrogen-bond acceptors (Lipinski definition) is 4. The number of nitrogens with one attached hydrogen (secondary N) is 1. The van der Waals surface area contributed by atoms with E-state index < -0.39 is 15.9 Å². The predicted molar refractivity (Wildman–Crippen MR) is 138 cm³/mol. The van der Waals surface area contributed by atoms with E-state index in [0.29, 0.717) is 16.7 Å². The smallest absolute Gasteiger partial charge is 0.268 e. The Labute approximate surface area is 206 Å². The van der Waals surface area contributed by atoms with Crippen LogP contribution >= 0.6 is 0 Å². The first-order valence-electron chi connectivity index (χ1n) is 11.3. The molecule has 1 aliphatic rings. The van der Waals surface area contributed by atoms with Crippen molar-refractivity contribution in [2.24, 2.45) is 0 Å². The maximum atomic E-state index is 13.3. The minimum absolute atomic E-state index is 0.0510. The molecule has 0 saturated heterocycles. The van der Waals surface area contributed by atoms with E-state index in [1.165, 1.54) is 0 Å². The summed E-state index contributed by atoms with van der Waals surface area (Å²) in [5.74, 6) is -0.794. The Morgan fingerprint density at radius 2 is 1.51 bits per heavy atom. The van der Waals surface area contributed by atoms with Gasteiger partial charge in [-0.25, -0.2) is 12.7 Å². The van der Waals surface area contributed by atoms with Crippen molar-refractivity contribution in [3.05, 3.63) is 105 Å². The summed E-state index contributed by atoms with van der Waals surface area (Å²) in [7, 11) is -4.00. The standard InChI is InChI=1S/C28H28N2O4S/c1-17-6-13-25(20(4)14-17)29-27(31)23-11-8-22(9-12-23)16-30-28(32)21(5)26(35(30,33)34)24-10-7-18(2)19(3)15-24/h6-15H,16H2,1-5H3,(H,29,31). The molecule has 0 bridgehead atoms. The van der Waals surface area contributed by atoms with Crippen LogP contribution in [0.5, 0.6) is 0 Å². The summed E-state index contributed by atoms with van der Waals surface area (Å²) in [6.07, 6.45) is 0. The van der Waals surface area contributed by atoms with Gasteiger partial charge < -0.3 is 5.32 Å². The van der Waals surface area contributed by atoms with Crippen molar-refractivity contribution < 1.29 is 18.0 Å². The fraction of sp³-hybridized carbons (Fsp3) is 0.214. The summed E-state index contributed by atoms with van der Waals surface area (Å²) in [6, 6.07) is 17.8. The normalized spacial score (nSPS) is 15.0. The summed E-state index contributed by atoms with van der Waals surface area (Å²) in [6.45, 7) is 9.23. The van der Waals surface area contributed by atoms with Crippen molar-refractivity contribution in [2.45, 2.75) is 41.2 Å². The summed E-state index contributed by atoms with van der Waals surface area (Å²) in [5, 5.41) is 2.90. The average molecular weight is 489 g/mol. The molecule has 0 radical (unpaired) electrons. The number of amides is 2. The van der Waals surface area contributed by atoms with E-state index >= 15 is 0 Å². The van der Waals surface area contributed by atoms with Gasteiger partial charge >= 0.3 is 0 Å². The van der Waals surface area contributed by atoms with E-state index in [9.17, 15) is 18.0 Å². The first kappa shape index (κ1) is 24.4. The Morgan fingerprint density at radius 1 is 0.829 bits per heavy atom. The van der Waals surface area contributed by atoms with Gasteiger partial charge in [-0.1, -0.05) is 48.0 Å². The van der Waals surface area contributed by atoms with Crippen LogP contribution in [-0.4, -0.2) is 24.5 Å². The van der Waals surface area contributed by atoms with Gasteiger partial charge in [0.25, 0.3) is 21.8 Å². The number of carbonyl (C=O) groups is 2. The Kier molecular flexibility index (Phi) is 6.38. The molecule has 0 saturated carbocycles. The molecular weight excluding hydrogens is 460 g/mol. The highest BCUT2D eigenvalue weighted by molar-refractivity contribution is 7.99. The Hall–Kier alpha value is -3.71. The third-order valence-corrected chi connectivity index (χ3v) is 8.31. The summed E-state index contributed by atoms with van der Waals surface area (Å²) < 4.78 is 27.6. The van der Waals surface area contributed by atoms with Gasteiger partial charge in [0.15, 0.2) is 0 Å². The number of anilines is 1. The van der Waals surface area contributed by atoms with Crippen LogP contribution in [-0.2, 0) is 21.4 Å². The topological polar surface area (TPSA) is 83.6 Å². The van der Waals surface area contributed by atoms with E-state index in [2.05, 4.69) is 5.32 Å². The Balaban J connectivity index is 1.53. The lowest BCUT2D eigenvalue weighted by Gasteiger charge is -2.17. The SMILES string of the molecule is CC1=C(c2ccc(C)c(C)c2)S(=O)(=O)N(Cc2ccc(C(=O)Nc3ccc(C)cc3C)cc2)C1=O. The predicted octanol–water partition coefficient (Wildman–Crippen LogP) is 5.28. The molecule has 180 valence electrons. The number of benzene rings is 3. The van der Waals surface area contributed by atoms with Crippen LogP contribution in [0.15, 0.2) is 66.2 Å². The third kappa shape index (κ3) is 4.64. The average Bonchev–Trinajstić information content (AvgIpc) is 2.97. The quantitative estimate of drug-likeness (QED) is 0.530. The third-order valence-electron chi connectivity index (χ3n) is 6.38. The van der Waals surface area contributed by atoms with Crippen LogP contribution in [0, 0.1) is 27.7 Å². The lowest BCUT2D eigenvalue weighted by molar-refractivity contribution is -0.122. The number of sulfonamides is 1. The molecule has 1 N–H and O–H groups in total. The largest absolute Gasteiger partial charge is 0.322 e. The zero-order valence-corrected chi connectivity index (χ0v) is 21.3. The first-order valence-corrected chi connectivity index (χ1v) is 12.8. The van der Waals surface area contributed by atoms with E-state index in [1.807, 2.05) is 52.0 Å². The maximum Gasteiger partial charge on any atom is 0.268 e. The second-order valence-corrected chi connectivity index (χ2v) is 10.8. The van der Waals surface area contributed by atoms with E-state index in [0.717, 1.165) is 32.2 Å². The highest BCUT2D eigenvalue weighted by atomic mass is 32.2. The molecule has 0 spiro atoms. The van der Waals surface area contributed by atoms with Crippen LogP contribution in [0.1, 0.15) is 50.7 Å². The molecule has 3 aromatic carbocycles. The van der Waals surface area contributed by atoms with Crippen molar-refractivity contribution in [3.8, 4) is 0 Å². The first-order chi connectivity index (χ1) is 16.5. The molecule has 2 amide bonds. The van der Waals surface area contributed by atoms with Crippen LogP contribution in [0.4, 0.5) is 5.69 Å². The van der Waals surface area contributed by atoms with E-state index in [-0.39, 0.29) is 22.9 Å². The van der Waals surface area contributed by atoms with Crippen molar-refractivity contribution in [1.82, 2.24) is 4.31 Å². The second-order valence-electron chi connectivity index (χ2n) is 9.04. The number of rotatable bonds is 5. The fourth-order valence-corrected chi connectivity index (χ4v) is 5.97. The van der Waals surface area contributed by atoms with Gasteiger partial charge in [0.1, 0.15) is 4.91 Å². The Bertz CT molecular complexity index is 1490. The van der Waals surface area contributed by atoms with Crippen molar-refractivity contribution >= 4 is 32.4 Å². The fourth-order valence-electron chi connectivity index (χ4n) is 4.18. The van der Waals surface area contributed by atoms with Gasteiger partial charge in [-0.2, -0.15) is 0 Å². The molecule has 0 aromatic heterocycles. The molecule has 3 aromatic rings. The van der Waals surface area contributed by atoms with Gasteiger partial charge in [0.05, 0.1) is 6.54 Å². The van der Waals surface area contributed by atoms with Crippen molar-refractivity contribution in [2.75, 3.05) is 5.32 Å². The van der Waals surface area contributed by atoms with Crippen molar-refractivity contribution in [1.29, 1.82) is 0 Å². The molecule has 0 atom stereocenters. The minimum Gasteiger partial charge on any atom is -0.322 e. The molecule has 0 unspecified atom stereocenters. The van der Waals surface area contributed by atoms with Crippen molar-refractivity contribution in [3.63, 3.8) is 0 Å². The summed E-state index contributed by atoms with van der Waals surface area (Å²) in [5.41, 5.74) is 6.59. The molecule has 1 aliphatic heterocycles. The minimum atomic E-state index is -4.00. The molecule has 0 aliphatic carbocycles. The number of hydrogen-bond donors (Lipinski definition) is 1. The molecule has 0 fully saturated rings. The molecular formula is C28H28N2O4S. The van der Waals surface area contributed by atoms with Gasteiger partial charge in [-0.05, 0) is 80.6 Å². The van der Waals surface area contributed by atoms with Gasteiger partial charge in [-0.3, -0.25) is 9.59 Å². The Morgan fingerprint density at radius 3 is 2.14 bits per heavy atom. The molecule has 7 heteroatoms. The van der Waals surface area contributed by atoms with Crippen LogP contribution in [0.3, 0.4) is 0 Å². The number of nitrogens with zero attached hydrogens (tertiary/aromatic N) is 1. The zero-order valence-electron chi connectivity index (χ0n) is 20.5. The number of aryl methyl sites for hydroxylation is 4. The zero-order chi connectivity index (χ0) is 25.5. The number of carbonyl (C=O) groups excluding carboxylic acids is 2. The molecule has 6 nitrogen and oxygen atoms in total. The van der Waals surface area contributed by atoms with Crippen LogP contribution in [0.25, 0.3) is 4.91 Å². The van der Waals surface area contributed by atoms with Crippen LogP contribution < -0.4 is 5.32 Å². The highest BCUT2D eigenvalue weighted by Gasteiger charge is 2.42. The summed E-state index contributed by atoms with van der Waals surface area (Å²) >= 11 is 0. The second kappa shape index (κ2) is 9.15. The molecule has 35 heavy (non-hydrogen) atoms. The van der Waals surface area contributed by atoms with Crippen LogP contribution in [0.2, 0.25) is 0 Å². The maximum absolute atomic E-state index is 13.3. The highest BCUT2D eigenvalue weighted by Crippen LogP contribution is 2.37. The van der Waals surface area contributed by atoms with E-state index in [4.69, 9.17) is 0 Å². The molecule has 1 heterocycles. The van der Waals surface area contributed by atoms with Gasteiger partial charge in [-0.15, -0.1) is 0 Å². The van der Waals surface area contributed by atoms with Gasteiger partial charge in [0.2, 0.25) is 0 Å². The summed E-state index contributed by atoms with van der Waals surface area (Å²) in [4.78, 5) is 25.6. The molecule has 4 rings (SSSR count). The van der Waals surface area contributed by atoms with E-state index in [1.54, 1.807) is 43.3 Å².